The second-order valence-electron chi connectivity index (χ2n) is 3.63. The Kier molecular flexibility index (Phi) is 9.51. The van der Waals surface area contributed by atoms with Crippen LogP contribution in [-0.4, -0.2) is 39.3 Å². The lowest BCUT2D eigenvalue weighted by molar-refractivity contribution is 0.0953. The van der Waals surface area contributed by atoms with Gasteiger partial charge in [-0.15, -0.1) is 12.4 Å². The summed E-state index contributed by atoms with van der Waals surface area (Å²) in [5.74, 6) is -0.806. The van der Waals surface area contributed by atoms with Crippen molar-refractivity contribution in [1.82, 2.24) is 10.6 Å². The summed E-state index contributed by atoms with van der Waals surface area (Å²) in [4.78, 5) is 11.7. The molecule has 0 saturated heterocycles. The third-order valence-corrected chi connectivity index (χ3v) is 2.54. The van der Waals surface area contributed by atoms with Crippen molar-refractivity contribution in [1.29, 1.82) is 0 Å². The van der Waals surface area contributed by atoms with Gasteiger partial charge in [0, 0.05) is 32.3 Å². The van der Waals surface area contributed by atoms with Crippen molar-refractivity contribution < 1.29 is 13.9 Å². The molecular weight excluding hydrogens is 294 g/mol. The second-order valence-corrected chi connectivity index (χ2v) is 4.03. The molecule has 0 spiro atoms. The molecule has 1 aromatic carbocycles. The molecule has 0 radical (unpaired) electrons. The molecule has 19 heavy (non-hydrogen) atoms. The van der Waals surface area contributed by atoms with E-state index >= 15 is 0 Å². The summed E-state index contributed by atoms with van der Waals surface area (Å²) in [6, 6.07) is 3.88. The molecule has 0 unspecified atom stereocenters. The van der Waals surface area contributed by atoms with Crippen molar-refractivity contribution in [2.75, 3.05) is 33.4 Å². The Morgan fingerprint density at radius 3 is 2.74 bits per heavy atom. The molecule has 4 nitrogen and oxygen atoms in total. The van der Waals surface area contributed by atoms with Gasteiger partial charge in [-0.2, -0.15) is 0 Å². The SMILES string of the molecule is COCCNCCNC(=O)c1ccc(F)c(Cl)c1.Cl. The van der Waals surface area contributed by atoms with E-state index < -0.39 is 5.82 Å². The monoisotopic (exact) mass is 310 g/mol. The van der Waals surface area contributed by atoms with Gasteiger partial charge in [-0.3, -0.25) is 4.79 Å². The van der Waals surface area contributed by atoms with Crippen LogP contribution >= 0.6 is 24.0 Å². The van der Waals surface area contributed by atoms with E-state index in [1.807, 2.05) is 0 Å². The molecule has 0 bridgehead atoms. The normalized spacial score (nSPS) is 9.84. The average molecular weight is 311 g/mol. The van der Waals surface area contributed by atoms with E-state index in [9.17, 15) is 9.18 Å². The molecule has 0 fully saturated rings. The number of carbonyl (C=O) groups is 1. The number of rotatable bonds is 7. The molecule has 0 aromatic heterocycles. The number of hydrogen-bond acceptors (Lipinski definition) is 3. The van der Waals surface area contributed by atoms with Crippen LogP contribution in [0, 0.1) is 5.82 Å². The maximum absolute atomic E-state index is 12.9. The van der Waals surface area contributed by atoms with E-state index in [1.165, 1.54) is 18.2 Å². The van der Waals surface area contributed by atoms with Crippen molar-refractivity contribution in [2.45, 2.75) is 0 Å². The van der Waals surface area contributed by atoms with Gasteiger partial charge in [-0.1, -0.05) is 11.6 Å². The number of halogens is 3. The van der Waals surface area contributed by atoms with Gasteiger partial charge in [0.15, 0.2) is 0 Å². The van der Waals surface area contributed by atoms with Gasteiger partial charge in [-0.25, -0.2) is 4.39 Å². The minimum Gasteiger partial charge on any atom is -0.383 e. The van der Waals surface area contributed by atoms with Crippen LogP contribution in [0.2, 0.25) is 5.02 Å². The Morgan fingerprint density at radius 2 is 2.11 bits per heavy atom. The summed E-state index contributed by atoms with van der Waals surface area (Å²) < 4.78 is 17.8. The second kappa shape index (κ2) is 9.97. The highest BCUT2D eigenvalue weighted by atomic mass is 35.5. The fourth-order valence-electron chi connectivity index (χ4n) is 1.30. The van der Waals surface area contributed by atoms with Crippen molar-refractivity contribution in [3.05, 3.63) is 34.6 Å². The standard InChI is InChI=1S/C12H16ClFN2O2.ClH/c1-18-7-6-15-4-5-16-12(17)9-2-3-11(14)10(13)8-9;/h2-3,8,15H,4-7H2,1H3,(H,16,17);1H. The summed E-state index contributed by atoms with van der Waals surface area (Å²) >= 11 is 5.60. The highest BCUT2D eigenvalue weighted by Crippen LogP contribution is 2.15. The minimum atomic E-state index is -0.533. The zero-order valence-electron chi connectivity index (χ0n) is 10.5. The Morgan fingerprint density at radius 1 is 1.37 bits per heavy atom. The smallest absolute Gasteiger partial charge is 0.251 e. The number of methoxy groups -OCH3 is 1. The predicted molar refractivity (Wildman–Crippen MR) is 75.7 cm³/mol. The Labute approximate surface area is 123 Å². The van der Waals surface area contributed by atoms with Crippen molar-refractivity contribution in [2.24, 2.45) is 0 Å². The highest BCUT2D eigenvalue weighted by molar-refractivity contribution is 6.31. The van der Waals surface area contributed by atoms with Crippen molar-refractivity contribution in [3.63, 3.8) is 0 Å². The maximum atomic E-state index is 12.9. The van der Waals surface area contributed by atoms with Gasteiger partial charge in [0.1, 0.15) is 5.82 Å². The van der Waals surface area contributed by atoms with Gasteiger partial charge in [0.05, 0.1) is 11.6 Å². The van der Waals surface area contributed by atoms with Crippen LogP contribution in [0.4, 0.5) is 4.39 Å². The first kappa shape index (κ1) is 18.1. The zero-order chi connectivity index (χ0) is 13.4. The first-order valence-corrected chi connectivity index (χ1v) is 5.96. The lowest BCUT2D eigenvalue weighted by Crippen LogP contribution is -2.33. The number of benzene rings is 1. The summed E-state index contributed by atoms with van der Waals surface area (Å²) in [5.41, 5.74) is 0.346. The van der Waals surface area contributed by atoms with E-state index in [0.717, 1.165) is 6.54 Å². The molecule has 108 valence electrons. The molecule has 0 aliphatic rings. The molecular formula is C12H17Cl2FN2O2. The Balaban J connectivity index is 0.00000324. The fraction of sp³-hybridized carbons (Fsp3) is 0.417. The summed E-state index contributed by atoms with van der Waals surface area (Å²) in [7, 11) is 1.63. The van der Waals surface area contributed by atoms with E-state index in [2.05, 4.69) is 10.6 Å². The Hall–Kier alpha value is -0.880. The number of hydrogen-bond donors (Lipinski definition) is 2. The van der Waals surface area contributed by atoms with Crippen LogP contribution in [0.5, 0.6) is 0 Å². The molecule has 1 amide bonds. The number of ether oxygens (including phenoxy) is 1. The van der Waals surface area contributed by atoms with Crippen LogP contribution in [0.1, 0.15) is 10.4 Å². The largest absolute Gasteiger partial charge is 0.383 e. The number of nitrogens with one attached hydrogen (secondary N) is 2. The van der Waals surface area contributed by atoms with Crippen molar-refractivity contribution >= 4 is 29.9 Å². The maximum Gasteiger partial charge on any atom is 0.251 e. The molecule has 7 heteroatoms. The van der Waals surface area contributed by atoms with Crippen LogP contribution in [-0.2, 0) is 4.74 Å². The number of amides is 1. The third-order valence-electron chi connectivity index (χ3n) is 2.25. The first-order chi connectivity index (χ1) is 8.65. The molecule has 2 N–H and O–H groups in total. The first-order valence-electron chi connectivity index (χ1n) is 5.58. The lowest BCUT2D eigenvalue weighted by Gasteiger charge is -2.07. The molecule has 0 aliphatic heterocycles. The number of carbonyl (C=O) groups excluding carboxylic acids is 1. The quantitative estimate of drug-likeness (QED) is 0.756. The van der Waals surface area contributed by atoms with E-state index in [4.69, 9.17) is 16.3 Å². The van der Waals surface area contributed by atoms with E-state index in [-0.39, 0.29) is 23.3 Å². The van der Waals surface area contributed by atoms with Gasteiger partial charge >= 0.3 is 0 Å². The zero-order valence-corrected chi connectivity index (χ0v) is 12.1. The molecule has 0 atom stereocenters. The topological polar surface area (TPSA) is 50.4 Å². The molecule has 0 heterocycles. The molecule has 1 rings (SSSR count). The average Bonchev–Trinajstić information content (AvgIpc) is 2.36. The fourth-order valence-corrected chi connectivity index (χ4v) is 1.48. The van der Waals surface area contributed by atoms with Gasteiger partial charge < -0.3 is 15.4 Å². The van der Waals surface area contributed by atoms with Gasteiger partial charge in [0.2, 0.25) is 0 Å². The minimum absolute atomic E-state index is 0. The molecule has 0 aliphatic carbocycles. The van der Waals surface area contributed by atoms with Gasteiger partial charge in [0.25, 0.3) is 5.91 Å². The van der Waals surface area contributed by atoms with Crippen LogP contribution < -0.4 is 10.6 Å². The predicted octanol–water partition coefficient (Wildman–Crippen LogP) is 1.87. The summed E-state index contributed by atoms with van der Waals surface area (Å²) in [6.07, 6.45) is 0. The Bertz CT molecular complexity index is 405. The third kappa shape index (κ3) is 6.73. The van der Waals surface area contributed by atoms with E-state index in [0.29, 0.717) is 25.3 Å². The summed E-state index contributed by atoms with van der Waals surface area (Å²) in [6.45, 7) is 2.48. The molecule has 0 saturated carbocycles. The summed E-state index contributed by atoms with van der Waals surface area (Å²) in [5, 5.41) is 5.73. The van der Waals surface area contributed by atoms with Crippen molar-refractivity contribution in [3.8, 4) is 0 Å². The van der Waals surface area contributed by atoms with Crippen LogP contribution in [0.25, 0.3) is 0 Å². The van der Waals surface area contributed by atoms with Crippen LogP contribution in [0.15, 0.2) is 18.2 Å². The van der Waals surface area contributed by atoms with Gasteiger partial charge in [-0.05, 0) is 18.2 Å². The van der Waals surface area contributed by atoms with E-state index in [1.54, 1.807) is 7.11 Å². The molecule has 1 aromatic rings. The lowest BCUT2D eigenvalue weighted by atomic mass is 10.2. The van der Waals surface area contributed by atoms with Crippen LogP contribution in [0.3, 0.4) is 0 Å². The highest BCUT2D eigenvalue weighted by Gasteiger charge is 2.07.